The Morgan fingerprint density at radius 3 is 3.00 bits per heavy atom. The van der Waals surface area contributed by atoms with E-state index in [-0.39, 0.29) is 12.5 Å². The molecule has 2 heterocycles. The summed E-state index contributed by atoms with van der Waals surface area (Å²) < 4.78 is 5.52. The van der Waals surface area contributed by atoms with Crippen LogP contribution >= 0.6 is 11.3 Å². The van der Waals surface area contributed by atoms with Crippen molar-refractivity contribution in [1.82, 2.24) is 15.0 Å². The van der Waals surface area contributed by atoms with Gasteiger partial charge in [0.25, 0.3) is 5.91 Å². The molecule has 106 valence electrons. The van der Waals surface area contributed by atoms with E-state index < -0.39 is 0 Å². The van der Waals surface area contributed by atoms with Crippen LogP contribution < -0.4 is 10.1 Å². The molecule has 21 heavy (non-hydrogen) atoms. The van der Waals surface area contributed by atoms with Crippen molar-refractivity contribution in [2.45, 2.75) is 6.92 Å². The predicted molar refractivity (Wildman–Crippen MR) is 80.5 cm³/mol. The number of aromatic nitrogens is 3. The van der Waals surface area contributed by atoms with Crippen molar-refractivity contribution < 1.29 is 9.53 Å². The van der Waals surface area contributed by atoms with Gasteiger partial charge in [-0.1, -0.05) is 12.1 Å². The Morgan fingerprint density at radius 1 is 1.33 bits per heavy atom. The number of anilines is 1. The summed E-state index contributed by atoms with van der Waals surface area (Å²) in [6.07, 6.45) is 1.63. The molecule has 7 heteroatoms. The molecule has 1 N–H and O–H groups in total. The quantitative estimate of drug-likeness (QED) is 0.800. The molecule has 0 spiro atoms. The number of hydrogen-bond donors (Lipinski definition) is 1. The molecule has 3 rings (SSSR count). The maximum atomic E-state index is 11.8. The Balaban J connectivity index is 1.74. The van der Waals surface area contributed by atoms with Gasteiger partial charge in [0.15, 0.2) is 11.7 Å². The van der Waals surface area contributed by atoms with Crippen molar-refractivity contribution in [3.63, 3.8) is 0 Å². The lowest BCUT2D eigenvalue weighted by atomic mass is 10.2. The third-order valence-electron chi connectivity index (χ3n) is 2.70. The molecular formula is C14H12N4O2S. The van der Waals surface area contributed by atoms with Gasteiger partial charge in [0.2, 0.25) is 5.88 Å². The summed E-state index contributed by atoms with van der Waals surface area (Å²) in [7, 11) is 0. The van der Waals surface area contributed by atoms with Crippen LogP contribution in [0.2, 0.25) is 0 Å². The molecule has 6 nitrogen and oxygen atoms in total. The smallest absolute Gasteiger partial charge is 0.264 e. The Kier molecular flexibility index (Phi) is 3.74. The first-order valence-corrected chi connectivity index (χ1v) is 7.16. The number of rotatable bonds is 4. The SMILES string of the molecule is Cc1nc(OCC(=O)Nc2nccs2)c2ccccc2n1. The topological polar surface area (TPSA) is 77.0 Å². The van der Waals surface area contributed by atoms with E-state index in [1.54, 1.807) is 18.5 Å². The van der Waals surface area contributed by atoms with Crippen molar-refractivity contribution in [1.29, 1.82) is 0 Å². The van der Waals surface area contributed by atoms with E-state index in [1.165, 1.54) is 11.3 Å². The molecule has 0 unspecified atom stereocenters. The van der Waals surface area contributed by atoms with Crippen molar-refractivity contribution in [3.05, 3.63) is 41.7 Å². The molecule has 0 aliphatic carbocycles. The molecule has 0 radical (unpaired) electrons. The lowest BCUT2D eigenvalue weighted by Crippen LogP contribution is -2.20. The van der Waals surface area contributed by atoms with Crippen LogP contribution in [0.5, 0.6) is 5.88 Å². The largest absolute Gasteiger partial charge is 0.467 e. The van der Waals surface area contributed by atoms with Crippen LogP contribution in [0, 0.1) is 6.92 Å². The number of nitrogens with zero attached hydrogens (tertiary/aromatic N) is 3. The summed E-state index contributed by atoms with van der Waals surface area (Å²) in [6, 6.07) is 7.52. The summed E-state index contributed by atoms with van der Waals surface area (Å²) in [5, 5.41) is 5.78. The van der Waals surface area contributed by atoms with Gasteiger partial charge in [-0.15, -0.1) is 11.3 Å². The van der Waals surface area contributed by atoms with Crippen molar-refractivity contribution >= 4 is 33.3 Å². The number of para-hydroxylation sites is 1. The zero-order valence-electron chi connectivity index (χ0n) is 11.2. The van der Waals surface area contributed by atoms with E-state index in [0.29, 0.717) is 16.8 Å². The number of benzene rings is 1. The summed E-state index contributed by atoms with van der Waals surface area (Å²) in [5.74, 6) is 0.738. The number of fused-ring (bicyclic) bond motifs is 1. The predicted octanol–water partition coefficient (Wildman–Crippen LogP) is 2.41. The maximum Gasteiger partial charge on any atom is 0.264 e. The number of ether oxygens (including phenoxy) is 1. The van der Waals surface area contributed by atoms with Gasteiger partial charge in [-0.3, -0.25) is 10.1 Å². The zero-order chi connectivity index (χ0) is 14.7. The highest BCUT2D eigenvalue weighted by Gasteiger charge is 2.10. The second kappa shape index (κ2) is 5.84. The normalized spacial score (nSPS) is 10.5. The second-order valence-corrected chi connectivity index (χ2v) is 5.16. The van der Waals surface area contributed by atoms with E-state index in [2.05, 4.69) is 20.3 Å². The van der Waals surface area contributed by atoms with E-state index in [9.17, 15) is 4.79 Å². The number of hydrogen-bond acceptors (Lipinski definition) is 6. The van der Waals surface area contributed by atoms with Crippen LogP contribution in [-0.2, 0) is 4.79 Å². The van der Waals surface area contributed by atoms with Gasteiger partial charge in [0.1, 0.15) is 5.82 Å². The highest BCUT2D eigenvalue weighted by molar-refractivity contribution is 7.13. The molecule has 0 fully saturated rings. The lowest BCUT2D eigenvalue weighted by Gasteiger charge is -2.08. The molecule has 3 aromatic rings. The standard InChI is InChI=1S/C14H12N4O2S/c1-9-16-11-5-3-2-4-10(11)13(17-9)20-8-12(19)18-14-15-6-7-21-14/h2-7H,8H2,1H3,(H,15,18,19). The van der Waals surface area contributed by atoms with Crippen molar-refractivity contribution in [3.8, 4) is 5.88 Å². The fraction of sp³-hybridized carbons (Fsp3) is 0.143. The Hall–Kier alpha value is -2.54. The molecule has 0 bridgehead atoms. The van der Waals surface area contributed by atoms with Gasteiger partial charge < -0.3 is 4.74 Å². The van der Waals surface area contributed by atoms with Gasteiger partial charge in [-0.25, -0.2) is 9.97 Å². The van der Waals surface area contributed by atoms with E-state index in [4.69, 9.17) is 4.74 Å². The Labute approximate surface area is 124 Å². The number of carbonyl (C=O) groups excluding carboxylic acids is 1. The molecular weight excluding hydrogens is 288 g/mol. The zero-order valence-corrected chi connectivity index (χ0v) is 12.1. The molecule has 0 aliphatic heterocycles. The van der Waals surface area contributed by atoms with Gasteiger partial charge in [0, 0.05) is 11.6 Å². The fourth-order valence-corrected chi connectivity index (χ4v) is 2.39. The second-order valence-electron chi connectivity index (χ2n) is 4.27. The van der Waals surface area contributed by atoms with E-state index >= 15 is 0 Å². The summed E-state index contributed by atoms with van der Waals surface area (Å²) >= 11 is 1.35. The lowest BCUT2D eigenvalue weighted by molar-refractivity contribution is -0.118. The van der Waals surface area contributed by atoms with Gasteiger partial charge in [0.05, 0.1) is 10.9 Å². The van der Waals surface area contributed by atoms with Crippen LogP contribution in [0.4, 0.5) is 5.13 Å². The third kappa shape index (κ3) is 3.14. The van der Waals surface area contributed by atoms with Crippen LogP contribution in [-0.4, -0.2) is 27.5 Å². The number of nitrogens with one attached hydrogen (secondary N) is 1. The Bertz CT molecular complexity index is 774. The average molecular weight is 300 g/mol. The minimum Gasteiger partial charge on any atom is -0.467 e. The van der Waals surface area contributed by atoms with Gasteiger partial charge in [-0.05, 0) is 19.1 Å². The fourth-order valence-electron chi connectivity index (χ4n) is 1.84. The van der Waals surface area contributed by atoms with Crippen LogP contribution in [0.1, 0.15) is 5.82 Å². The molecule has 1 aromatic carbocycles. The molecule has 0 saturated carbocycles. The number of aryl methyl sites for hydroxylation is 1. The first-order chi connectivity index (χ1) is 10.2. The van der Waals surface area contributed by atoms with Crippen molar-refractivity contribution in [2.75, 3.05) is 11.9 Å². The number of amides is 1. The number of thiazole rings is 1. The summed E-state index contributed by atoms with van der Waals surface area (Å²) in [6.45, 7) is 1.66. The van der Waals surface area contributed by atoms with Crippen LogP contribution in [0.15, 0.2) is 35.8 Å². The minimum absolute atomic E-state index is 0.125. The number of carbonyl (C=O) groups is 1. The van der Waals surface area contributed by atoms with Gasteiger partial charge >= 0.3 is 0 Å². The molecule has 0 saturated heterocycles. The van der Waals surface area contributed by atoms with Gasteiger partial charge in [-0.2, -0.15) is 4.98 Å². The maximum absolute atomic E-state index is 11.8. The molecule has 0 aliphatic rings. The first kappa shape index (κ1) is 13.4. The first-order valence-electron chi connectivity index (χ1n) is 6.28. The molecule has 2 aromatic heterocycles. The molecule has 0 atom stereocenters. The summed E-state index contributed by atoms with van der Waals surface area (Å²) in [5.41, 5.74) is 0.792. The Morgan fingerprint density at radius 2 is 2.19 bits per heavy atom. The van der Waals surface area contributed by atoms with E-state index in [0.717, 1.165) is 10.9 Å². The van der Waals surface area contributed by atoms with Crippen LogP contribution in [0.25, 0.3) is 10.9 Å². The van der Waals surface area contributed by atoms with E-state index in [1.807, 2.05) is 24.3 Å². The monoisotopic (exact) mass is 300 g/mol. The minimum atomic E-state index is -0.273. The summed E-state index contributed by atoms with van der Waals surface area (Å²) in [4.78, 5) is 24.3. The highest BCUT2D eigenvalue weighted by Crippen LogP contribution is 2.22. The van der Waals surface area contributed by atoms with Crippen LogP contribution in [0.3, 0.4) is 0 Å². The average Bonchev–Trinajstić information content (AvgIpc) is 2.97. The van der Waals surface area contributed by atoms with Crippen molar-refractivity contribution in [2.24, 2.45) is 0 Å². The highest BCUT2D eigenvalue weighted by atomic mass is 32.1. The third-order valence-corrected chi connectivity index (χ3v) is 3.39. The molecule has 1 amide bonds.